The van der Waals surface area contributed by atoms with Crippen LogP contribution in [-0.2, 0) is 9.68 Å². The summed E-state index contributed by atoms with van der Waals surface area (Å²) in [6.45, 7) is 0. The molecule has 0 aromatic heterocycles. The fourth-order valence-corrected chi connectivity index (χ4v) is 5.42. The molecule has 84 valence electrons. The zero-order valence-corrected chi connectivity index (χ0v) is 9.85. The molecule has 0 saturated heterocycles. The van der Waals surface area contributed by atoms with E-state index in [2.05, 4.69) is 14.2 Å². The first-order chi connectivity index (χ1) is 6.32. The number of rotatable bonds is 2. The molecule has 12 heteroatoms. The van der Waals surface area contributed by atoms with Crippen LogP contribution in [0, 0.1) is 0 Å². The topological polar surface area (TPSA) is 37.3 Å². The van der Waals surface area contributed by atoms with E-state index in [0.29, 0.717) is 0 Å². The summed E-state index contributed by atoms with van der Waals surface area (Å²) in [6.07, 6.45) is 0. The van der Waals surface area contributed by atoms with Crippen LogP contribution in [-0.4, -0.2) is 23.4 Å². The molecule has 0 aliphatic carbocycles. The molecule has 1 aliphatic rings. The van der Waals surface area contributed by atoms with Crippen LogP contribution in [0.15, 0.2) is 4.52 Å². The zero-order chi connectivity index (χ0) is 11.0. The van der Waals surface area contributed by atoms with Gasteiger partial charge in [0.2, 0.25) is 0 Å². The summed E-state index contributed by atoms with van der Waals surface area (Å²) in [7, 11) is -9.78. The van der Waals surface area contributed by atoms with Crippen molar-refractivity contribution in [2.75, 3.05) is 14.2 Å². The number of hydrogen-bond donors (Lipinski definition) is 0. The summed E-state index contributed by atoms with van der Waals surface area (Å²) in [5.74, 6) is 0. The molecule has 5 nitrogen and oxygen atoms in total. The number of halogens is 4. The van der Waals surface area contributed by atoms with Gasteiger partial charge in [0, 0.05) is 0 Å². The maximum atomic E-state index is 13.3. The first-order valence-corrected chi connectivity index (χ1v) is 6.95. The van der Waals surface area contributed by atoms with E-state index in [0.717, 1.165) is 14.2 Å². The molecule has 1 aliphatic heterocycles. The molecule has 0 spiro atoms. The molecule has 2 atom stereocenters. The van der Waals surface area contributed by atoms with Crippen LogP contribution in [0.5, 0.6) is 0 Å². The first-order valence-electron chi connectivity index (χ1n) is 3.10. The average Bonchev–Trinajstić information content (AvgIpc) is 2.02. The van der Waals surface area contributed by atoms with Crippen molar-refractivity contribution in [3.05, 3.63) is 0 Å². The number of nitrogens with zero attached hydrogens (tertiary/aromatic N) is 3. The Morgan fingerprint density at radius 1 is 1.29 bits per heavy atom. The van der Waals surface area contributed by atoms with Crippen molar-refractivity contribution in [2.45, 2.75) is 0 Å². The Hall–Kier alpha value is 0.520. The second-order valence-electron chi connectivity index (χ2n) is 2.07. The van der Waals surface area contributed by atoms with Gasteiger partial charge in [-0.05, 0) is 0 Å². The minimum atomic E-state index is -7.09. The Balaban J connectivity index is 3.13. The van der Waals surface area contributed by atoms with Crippen LogP contribution < -0.4 is 0 Å². The molecule has 0 aromatic rings. The molecule has 1 rings (SSSR count). The van der Waals surface area contributed by atoms with E-state index in [4.69, 9.17) is 0 Å². The van der Waals surface area contributed by atoms with Crippen molar-refractivity contribution in [1.82, 2.24) is 9.21 Å². The van der Waals surface area contributed by atoms with E-state index in [-0.39, 0.29) is 4.60 Å². The van der Waals surface area contributed by atoms with Crippen LogP contribution in [0.2, 0.25) is 0 Å². The molecular formula is C2H7F4N3O2P3+. The summed E-state index contributed by atoms with van der Waals surface area (Å²) in [4.78, 5) is 8.06. The average molecular weight is 274 g/mol. The van der Waals surface area contributed by atoms with Gasteiger partial charge < -0.3 is 0 Å². The molecule has 0 N–H and O–H groups in total. The molecule has 14 heavy (non-hydrogen) atoms. The van der Waals surface area contributed by atoms with Crippen molar-refractivity contribution in [1.29, 1.82) is 0 Å². The van der Waals surface area contributed by atoms with Crippen LogP contribution in [0.3, 0.4) is 0 Å². The van der Waals surface area contributed by atoms with Gasteiger partial charge in [-0.15, -0.1) is 0 Å². The summed E-state index contributed by atoms with van der Waals surface area (Å²) < 4.78 is 54.8. The third-order valence-electron chi connectivity index (χ3n) is 1.25. The predicted molar refractivity (Wildman–Crippen MR) is 46.7 cm³/mol. The van der Waals surface area contributed by atoms with Crippen molar-refractivity contribution < 1.29 is 26.5 Å². The maximum absolute atomic E-state index is 13.3. The van der Waals surface area contributed by atoms with Crippen molar-refractivity contribution in [3.63, 3.8) is 0 Å². The molecule has 0 aromatic carbocycles. The Kier molecular flexibility index (Phi) is 3.44. The van der Waals surface area contributed by atoms with Gasteiger partial charge in [0.05, 0.1) is 0 Å². The van der Waals surface area contributed by atoms with E-state index in [1.165, 1.54) is 0 Å². The quantitative estimate of drug-likeness (QED) is 0.567. The van der Waals surface area contributed by atoms with Gasteiger partial charge in [0.25, 0.3) is 0 Å². The zero-order valence-electron chi connectivity index (χ0n) is 7.06. The number of hydrogen-bond acceptors (Lipinski definition) is 5. The van der Waals surface area contributed by atoms with Crippen molar-refractivity contribution in [3.8, 4) is 0 Å². The third-order valence-corrected chi connectivity index (χ3v) is 7.02. The van der Waals surface area contributed by atoms with Crippen LogP contribution >= 0.6 is 24.9 Å². The second kappa shape index (κ2) is 3.83. The summed E-state index contributed by atoms with van der Waals surface area (Å²) in [6, 6.07) is 0. The molecule has 0 radical (unpaired) electrons. The predicted octanol–water partition coefficient (Wildman–Crippen LogP) is 3.74. The standard InChI is InChI=1S/C2H7F4N3O2P3/c1-10-8-12-7-13(3)9(11-2)14(8,4,5)6/h12H,1-2H3/q+1. The normalized spacial score (nSPS) is 34.7. The van der Waals surface area contributed by atoms with E-state index in [1.807, 2.05) is 0 Å². The van der Waals surface area contributed by atoms with Gasteiger partial charge in [-0.25, -0.2) is 0 Å². The fourth-order valence-electron chi connectivity index (χ4n) is 0.737. The summed E-state index contributed by atoms with van der Waals surface area (Å²) >= 11 is 0. The SMILES string of the molecule is CON1PN=[P+](F)N(OC)P1(F)(F)F. The van der Waals surface area contributed by atoms with E-state index >= 15 is 0 Å². The summed E-state index contributed by atoms with van der Waals surface area (Å²) in [5.41, 5.74) is 0. The van der Waals surface area contributed by atoms with Crippen LogP contribution in [0.25, 0.3) is 0 Å². The van der Waals surface area contributed by atoms with Crippen LogP contribution in [0.1, 0.15) is 0 Å². The molecule has 2 unspecified atom stereocenters. The van der Waals surface area contributed by atoms with E-state index < -0.39 is 29.5 Å². The van der Waals surface area contributed by atoms with Crippen LogP contribution in [0.4, 0.5) is 16.8 Å². The first kappa shape index (κ1) is 12.6. The molecular weight excluding hydrogens is 267 g/mol. The van der Waals surface area contributed by atoms with Gasteiger partial charge in [0.1, 0.15) is 0 Å². The monoisotopic (exact) mass is 274 g/mol. The van der Waals surface area contributed by atoms with Gasteiger partial charge in [0.15, 0.2) is 0 Å². The molecule has 0 amide bonds. The summed E-state index contributed by atoms with van der Waals surface area (Å²) in [5, 5.41) is 0. The fraction of sp³-hybridized carbons (Fsp3) is 1.00. The Labute approximate surface area is 80.2 Å². The van der Waals surface area contributed by atoms with E-state index in [9.17, 15) is 16.8 Å². The van der Waals surface area contributed by atoms with Gasteiger partial charge in [-0.1, -0.05) is 0 Å². The Morgan fingerprint density at radius 3 is 2.29 bits per heavy atom. The third kappa shape index (κ3) is 1.91. The van der Waals surface area contributed by atoms with Gasteiger partial charge in [-0.3, -0.25) is 0 Å². The minimum absolute atomic E-state index is 0.270. The molecule has 0 saturated carbocycles. The Morgan fingerprint density at radius 2 is 1.86 bits per heavy atom. The van der Waals surface area contributed by atoms with Crippen molar-refractivity contribution >= 4 is 24.9 Å². The Bertz CT molecular complexity index is 268. The van der Waals surface area contributed by atoms with Crippen molar-refractivity contribution in [2.24, 2.45) is 4.52 Å². The van der Waals surface area contributed by atoms with E-state index in [1.54, 1.807) is 0 Å². The van der Waals surface area contributed by atoms with Gasteiger partial charge >= 0.3 is 79.3 Å². The second-order valence-corrected chi connectivity index (χ2v) is 7.20. The molecule has 0 fully saturated rings. The van der Waals surface area contributed by atoms with Gasteiger partial charge in [-0.2, -0.15) is 0 Å². The molecule has 0 bridgehead atoms. The molecule has 1 heterocycles.